The summed E-state index contributed by atoms with van der Waals surface area (Å²) in [5, 5.41) is 8.69. The molecule has 0 bridgehead atoms. The van der Waals surface area contributed by atoms with Crippen LogP contribution in [0.1, 0.15) is 24.4 Å². The highest BCUT2D eigenvalue weighted by Crippen LogP contribution is 2.34. The first-order chi connectivity index (χ1) is 7.31. The molecule has 2 heterocycles. The second kappa shape index (κ2) is 4.41. The van der Waals surface area contributed by atoms with E-state index in [4.69, 9.17) is 5.26 Å². The molecule has 2 rings (SSSR count). The Balaban J connectivity index is 2.09. The van der Waals surface area contributed by atoms with Crippen molar-refractivity contribution in [1.82, 2.24) is 9.88 Å². The van der Waals surface area contributed by atoms with Gasteiger partial charge in [0.1, 0.15) is 0 Å². The molecule has 1 fully saturated rings. The molecule has 0 aliphatic carbocycles. The maximum absolute atomic E-state index is 8.69. The molecule has 0 unspecified atom stereocenters. The largest absolute Gasteiger partial charge is 0.299 e. The van der Waals surface area contributed by atoms with Crippen LogP contribution in [0.2, 0.25) is 0 Å². The van der Waals surface area contributed by atoms with Crippen LogP contribution in [0.3, 0.4) is 0 Å². The minimum absolute atomic E-state index is 0.442. The number of hydrogen-bond donors (Lipinski definition) is 0. The van der Waals surface area contributed by atoms with E-state index in [-0.39, 0.29) is 0 Å². The van der Waals surface area contributed by atoms with Gasteiger partial charge in [0, 0.05) is 31.4 Å². The second-order valence-electron chi connectivity index (χ2n) is 4.21. The lowest BCUT2D eigenvalue weighted by Crippen LogP contribution is -2.18. The summed E-state index contributed by atoms with van der Waals surface area (Å²) >= 11 is 0. The standard InChI is InChI=1S/C12H15N3/c1-15-9-10(4-5-13)7-12(15)11-3-2-6-14-8-11/h2-3,6,8,10,12H,4,7,9H2,1H3/t10-,12-/m0/s1. The Kier molecular flexibility index (Phi) is 2.98. The maximum Gasteiger partial charge on any atom is 0.0625 e. The summed E-state index contributed by atoms with van der Waals surface area (Å²) in [6, 6.07) is 6.79. The van der Waals surface area contributed by atoms with Gasteiger partial charge in [-0.15, -0.1) is 0 Å². The van der Waals surface area contributed by atoms with Crippen LogP contribution >= 0.6 is 0 Å². The molecule has 0 aromatic carbocycles. The first-order valence-corrected chi connectivity index (χ1v) is 5.28. The Morgan fingerprint density at radius 2 is 2.53 bits per heavy atom. The number of nitrogens with zero attached hydrogens (tertiary/aromatic N) is 3. The lowest BCUT2D eigenvalue weighted by atomic mass is 9.99. The van der Waals surface area contributed by atoms with E-state index in [1.165, 1.54) is 5.56 Å². The second-order valence-corrected chi connectivity index (χ2v) is 4.21. The highest BCUT2D eigenvalue weighted by atomic mass is 15.2. The number of pyridine rings is 1. The normalized spacial score (nSPS) is 26.4. The Morgan fingerprint density at radius 3 is 3.20 bits per heavy atom. The van der Waals surface area contributed by atoms with E-state index in [2.05, 4.69) is 29.1 Å². The molecule has 0 N–H and O–H groups in total. The molecule has 0 amide bonds. The van der Waals surface area contributed by atoms with Crippen LogP contribution in [0.5, 0.6) is 0 Å². The zero-order valence-electron chi connectivity index (χ0n) is 8.93. The zero-order valence-corrected chi connectivity index (χ0v) is 8.93. The highest BCUT2D eigenvalue weighted by Gasteiger charge is 2.30. The number of rotatable bonds is 2. The molecule has 2 atom stereocenters. The van der Waals surface area contributed by atoms with Gasteiger partial charge in [-0.3, -0.25) is 9.88 Å². The van der Waals surface area contributed by atoms with Crippen LogP contribution in [0.15, 0.2) is 24.5 Å². The smallest absolute Gasteiger partial charge is 0.0625 e. The molecule has 78 valence electrons. The topological polar surface area (TPSA) is 39.9 Å². The molecule has 1 saturated heterocycles. The predicted molar refractivity (Wildman–Crippen MR) is 57.9 cm³/mol. The van der Waals surface area contributed by atoms with Crippen LogP contribution in [-0.4, -0.2) is 23.5 Å². The van der Waals surface area contributed by atoms with Gasteiger partial charge in [-0.2, -0.15) is 5.26 Å². The number of nitriles is 1. The number of likely N-dealkylation sites (tertiary alicyclic amines) is 1. The fourth-order valence-corrected chi connectivity index (χ4v) is 2.35. The molecule has 1 aromatic heterocycles. The van der Waals surface area contributed by atoms with Crippen LogP contribution in [0.25, 0.3) is 0 Å². The third-order valence-electron chi connectivity index (χ3n) is 3.08. The lowest BCUT2D eigenvalue weighted by Gasteiger charge is -2.18. The quantitative estimate of drug-likeness (QED) is 0.734. The van der Waals surface area contributed by atoms with Crippen molar-refractivity contribution < 1.29 is 0 Å². The van der Waals surface area contributed by atoms with E-state index in [1.54, 1.807) is 6.20 Å². The van der Waals surface area contributed by atoms with Gasteiger partial charge in [-0.05, 0) is 31.0 Å². The van der Waals surface area contributed by atoms with Crippen molar-refractivity contribution in [2.75, 3.05) is 13.6 Å². The zero-order chi connectivity index (χ0) is 10.7. The Bertz CT molecular complexity index is 355. The van der Waals surface area contributed by atoms with Crippen LogP contribution in [0.4, 0.5) is 0 Å². The van der Waals surface area contributed by atoms with Gasteiger partial charge in [0.15, 0.2) is 0 Å². The summed E-state index contributed by atoms with van der Waals surface area (Å²) < 4.78 is 0. The van der Waals surface area contributed by atoms with Crippen molar-refractivity contribution >= 4 is 0 Å². The summed E-state index contributed by atoms with van der Waals surface area (Å²) in [7, 11) is 2.12. The first-order valence-electron chi connectivity index (χ1n) is 5.28. The summed E-state index contributed by atoms with van der Waals surface area (Å²) in [5.74, 6) is 0.519. The Morgan fingerprint density at radius 1 is 1.67 bits per heavy atom. The van der Waals surface area contributed by atoms with Gasteiger partial charge in [0.25, 0.3) is 0 Å². The summed E-state index contributed by atoms with van der Waals surface area (Å²) in [6.07, 6.45) is 5.47. The van der Waals surface area contributed by atoms with Crippen LogP contribution in [-0.2, 0) is 0 Å². The Hall–Kier alpha value is -1.40. The van der Waals surface area contributed by atoms with E-state index in [0.29, 0.717) is 18.4 Å². The Labute approximate surface area is 90.4 Å². The molecule has 3 nitrogen and oxygen atoms in total. The van der Waals surface area contributed by atoms with Crippen molar-refractivity contribution in [1.29, 1.82) is 5.26 Å². The van der Waals surface area contributed by atoms with Crippen LogP contribution < -0.4 is 0 Å². The first kappa shape index (κ1) is 10.1. The van der Waals surface area contributed by atoms with Crippen molar-refractivity contribution in [2.24, 2.45) is 5.92 Å². The lowest BCUT2D eigenvalue weighted by molar-refractivity contribution is 0.313. The van der Waals surface area contributed by atoms with Crippen molar-refractivity contribution in [2.45, 2.75) is 18.9 Å². The van der Waals surface area contributed by atoms with E-state index in [1.807, 2.05) is 12.3 Å². The molecular weight excluding hydrogens is 186 g/mol. The highest BCUT2D eigenvalue weighted by molar-refractivity contribution is 5.15. The average Bonchev–Trinajstić information content (AvgIpc) is 2.61. The fraction of sp³-hybridized carbons (Fsp3) is 0.500. The van der Waals surface area contributed by atoms with Gasteiger partial charge in [0.2, 0.25) is 0 Å². The van der Waals surface area contributed by atoms with Gasteiger partial charge >= 0.3 is 0 Å². The number of aromatic nitrogens is 1. The van der Waals surface area contributed by atoms with E-state index in [9.17, 15) is 0 Å². The van der Waals surface area contributed by atoms with Crippen molar-refractivity contribution in [3.8, 4) is 6.07 Å². The van der Waals surface area contributed by atoms with E-state index >= 15 is 0 Å². The molecular formula is C12H15N3. The van der Waals surface area contributed by atoms with Crippen molar-refractivity contribution in [3.05, 3.63) is 30.1 Å². The average molecular weight is 201 g/mol. The summed E-state index contributed by atoms with van der Waals surface area (Å²) in [5.41, 5.74) is 1.26. The minimum Gasteiger partial charge on any atom is -0.299 e. The van der Waals surface area contributed by atoms with Gasteiger partial charge in [-0.1, -0.05) is 6.07 Å². The molecule has 0 radical (unpaired) electrons. The van der Waals surface area contributed by atoms with Gasteiger partial charge in [0.05, 0.1) is 6.07 Å². The summed E-state index contributed by atoms with van der Waals surface area (Å²) in [4.78, 5) is 6.46. The predicted octanol–water partition coefficient (Wildman–Crippen LogP) is 1.99. The third kappa shape index (κ3) is 2.16. The number of hydrogen-bond acceptors (Lipinski definition) is 3. The molecule has 1 aromatic rings. The molecule has 3 heteroatoms. The molecule has 1 aliphatic heterocycles. The van der Waals surface area contributed by atoms with E-state index < -0.39 is 0 Å². The van der Waals surface area contributed by atoms with Crippen molar-refractivity contribution in [3.63, 3.8) is 0 Å². The molecule has 15 heavy (non-hydrogen) atoms. The molecule has 0 spiro atoms. The monoisotopic (exact) mass is 201 g/mol. The van der Waals surface area contributed by atoms with E-state index in [0.717, 1.165) is 13.0 Å². The maximum atomic E-state index is 8.69. The minimum atomic E-state index is 0.442. The fourth-order valence-electron chi connectivity index (χ4n) is 2.35. The summed E-state index contributed by atoms with van der Waals surface area (Å²) in [6.45, 7) is 1.02. The molecule has 0 saturated carbocycles. The third-order valence-corrected chi connectivity index (χ3v) is 3.08. The van der Waals surface area contributed by atoms with Crippen LogP contribution in [0, 0.1) is 17.2 Å². The SMILES string of the molecule is CN1C[C@@H](CC#N)C[C@H]1c1cccnc1. The van der Waals surface area contributed by atoms with Gasteiger partial charge < -0.3 is 0 Å². The van der Waals surface area contributed by atoms with Gasteiger partial charge in [-0.25, -0.2) is 0 Å². The molecule has 1 aliphatic rings.